The lowest BCUT2D eigenvalue weighted by molar-refractivity contribution is -0.120. The molecule has 34 heavy (non-hydrogen) atoms. The minimum absolute atomic E-state index is 0.227. The van der Waals surface area contributed by atoms with Crippen LogP contribution in [0.2, 0.25) is 0 Å². The second-order valence-corrected chi connectivity index (χ2v) is 10.7. The standard InChI is InChI=1S/C28H28O5S/c1-19(29)11-14-34(31)24-8-5-21(6-9-24)22-4-2-3-20(15-22)16-27(30)28(12-13-28)23-7-10-25-26(17-23)33-18-32-25/h2-10,15,17,19,29H,11-14,16,18H2,1H3/t19-,34?/m0/s1. The number of hydrogen-bond donors (Lipinski definition) is 1. The maximum Gasteiger partial charge on any atom is 0.231 e. The molecule has 1 aliphatic carbocycles. The van der Waals surface area contributed by atoms with Crippen molar-refractivity contribution in [2.75, 3.05) is 12.5 Å². The topological polar surface area (TPSA) is 72.8 Å². The average molecular weight is 477 g/mol. The molecular formula is C28H28O5S. The molecule has 0 aromatic heterocycles. The third kappa shape index (κ3) is 4.65. The van der Waals surface area contributed by atoms with Crippen molar-refractivity contribution in [3.8, 4) is 22.6 Å². The first-order chi connectivity index (χ1) is 16.4. The van der Waals surface area contributed by atoms with Gasteiger partial charge in [-0.25, -0.2) is 0 Å². The highest BCUT2D eigenvalue weighted by Crippen LogP contribution is 2.51. The lowest BCUT2D eigenvalue weighted by Gasteiger charge is -2.15. The summed E-state index contributed by atoms with van der Waals surface area (Å²) in [4.78, 5) is 14.1. The van der Waals surface area contributed by atoms with Gasteiger partial charge in [-0.05, 0) is 72.7 Å². The largest absolute Gasteiger partial charge is 0.454 e. The molecule has 1 N–H and O–H groups in total. The van der Waals surface area contributed by atoms with Crippen molar-refractivity contribution in [2.45, 2.75) is 49.0 Å². The van der Waals surface area contributed by atoms with Crippen LogP contribution in [0.15, 0.2) is 71.6 Å². The molecule has 1 heterocycles. The molecule has 0 amide bonds. The number of carbonyl (C=O) groups is 1. The van der Waals surface area contributed by atoms with E-state index in [0.29, 0.717) is 24.3 Å². The van der Waals surface area contributed by atoms with Crippen molar-refractivity contribution in [1.29, 1.82) is 0 Å². The first-order valence-corrected chi connectivity index (χ1v) is 13.0. The zero-order valence-electron chi connectivity index (χ0n) is 19.2. The lowest BCUT2D eigenvalue weighted by Crippen LogP contribution is -2.22. The fourth-order valence-corrected chi connectivity index (χ4v) is 5.69. The monoisotopic (exact) mass is 476 g/mol. The predicted octanol–water partition coefficient (Wildman–Crippen LogP) is 4.80. The van der Waals surface area contributed by atoms with E-state index in [-0.39, 0.29) is 12.6 Å². The van der Waals surface area contributed by atoms with Crippen LogP contribution in [0.5, 0.6) is 11.5 Å². The molecule has 3 aromatic rings. The van der Waals surface area contributed by atoms with Crippen molar-refractivity contribution in [3.63, 3.8) is 0 Å². The molecular weight excluding hydrogens is 448 g/mol. The van der Waals surface area contributed by atoms with E-state index in [4.69, 9.17) is 9.47 Å². The van der Waals surface area contributed by atoms with E-state index in [1.807, 2.05) is 60.7 Å². The normalized spacial score (nSPS) is 17.2. The van der Waals surface area contributed by atoms with Gasteiger partial charge in [-0.1, -0.05) is 42.5 Å². The fourth-order valence-electron chi connectivity index (χ4n) is 4.46. The first-order valence-electron chi connectivity index (χ1n) is 11.6. The van der Waals surface area contributed by atoms with Gasteiger partial charge in [0.15, 0.2) is 11.5 Å². The first kappa shape index (κ1) is 22.8. The minimum atomic E-state index is -1.12. The Bertz CT molecular complexity index is 1230. The van der Waals surface area contributed by atoms with Crippen LogP contribution >= 0.6 is 0 Å². The van der Waals surface area contributed by atoms with Crippen molar-refractivity contribution in [2.24, 2.45) is 0 Å². The van der Waals surface area contributed by atoms with Crippen molar-refractivity contribution in [3.05, 3.63) is 77.9 Å². The molecule has 1 unspecified atom stereocenters. The zero-order chi connectivity index (χ0) is 23.7. The molecule has 2 atom stereocenters. The molecule has 0 bridgehead atoms. The molecule has 2 aliphatic rings. The van der Waals surface area contributed by atoms with Crippen LogP contribution in [0.1, 0.15) is 37.3 Å². The summed E-state index contributed by atoms with van der Waals surface area (Å²) in [5.41, 5.74) is 3.62. The highest BCUT2D eigenvalue weighted by atomic mass is 32.2. The van der Waals surface area contributed by atoms with E-state index in [0.717, 1.165) is 45.7 Å². The van der Waals surface area contributed by atoms with Crippen LogP contribution in [0.3, 0.4) is 0 Å². The molecule has 5 rings (SSSR count). The summed E-state index contributed by atoms with van der Waals surface area (Å²) in [7, 11) is -1.12. The van der Waals surface area contributed by atoms with Crippen LogP contribution in [0, 0.1) is 0 Å². The Kier molecular flexibility index (Phi) is 6.28. The smallest absolute Gasteiger partial charge is 0.231 e. The van der Waals surface area contributed by atoms with Gasteiger partial charge in [-0.3, -0.25) is 9.00 Å². The maximum atomic E-state index is 13.4. The van der Waals surface area contributed by atoms with E-state index < -0.39 is 22.3 Å². The lowest BCUT2D eigenvalue weighted by atomic mass is 9.87. The van der Waals surface area contributed by atoms with Gasteiger partial charge < -0.3 is 14.6 Å². The van der Waals surface area contributed by atoms with Crippen molar-refractivity contribution in [1.82, 2.24) is 0 Å². The van der Waals surface area contributed by atoms with E-state index in [1.165, 1.54) is 0 Å². The number of ketones is 1. The highest BCUT2D eigenvalue weighted by Gasteiger charge is 2.50. The minimum Gasteiger partial charge on any atom is -0.454 e. The van der Waals surface area contributed by atoms with Crippen LogP contribution in [-0.4, -0.2) is 33.7 Å². The van der Waals surface area contributed by atoms with Crippen LogP contribution in [0.4, 0.5) is 0 Å². The van der Waals surface area contributed by atoms with Gasteiger partial charge in [-0.2, -0.15) is 0 Å². The Balaban J connectivity index is 1.29. The summed E-state index contributed by atoms with van der Waals surface area (Å²) in [6.45, 7) is 1.93. The number of rotatable bonds is 9. The van der Waals surface area contributed by atoms with Crippen molar-refractivity contribution < 1.29 is 23.6 Å². The number of aliphatic hydroxyl groups is 1. The van der Waals surface area contributed by atoms with Gasteiger partial charge >= 0.3 is 0 Å². The van der Waals surface area contributed by atoms with Gasteiger partial charge in [0, 0.05) is 17.1 Å². The number of carbonyl (C=O) groups excluding carboxylic acids is 1. The van der Waals surface area contributed by atoms with Crippen molar-refractivity contribution >= 4 is 16.6 Å². The fraction of sp³-hybridized carbons (Fsp3) is 0.321. The van der Waals surface area contributed by atoms with Crippen LogP contribution in [-0.2, 0) is 27.4 Å². The Morgan fingerprint density at radius 1 is 1.00 bits per heavy atom. The molecule has 0 saturated heterocycles. The van der Waals surface area contributed by atoms with Gasteiger partial charge in [0.25, 0.3) is 0 Å². The zero-order valence-corrected chi connectivity index (χ0v) is 20.0. The van der Waals surface area contributed by atoms with E-state index in [1.54, 1.807) is 6.92 Å². The van der Waals surface area contributed by atoms with Gasteiger partial charge in [0.2, 0.25) is 6.79 Å². The van der Waals surface area contributed by atoms with E-state index in [9.17, 15) is 14.1 Å². The summed E-state index contributed by atoms with van der Waals surface area (Å²) >= 11 is 0. The summed E-state index contributed by atoms with van der Waals surface area (Å²) in [5, 5.41) is 9.42. The summed E-state index contributed by atoms with van der Waals surface area (Å²) in [6, 6.07) is 21.6. The highest BCUT2D eigenvalue weighted by molar-refractivity contribution is 7.85. The SMILES string of the molecule is C[C@H](O)CCS(=O)c1ccc(-c2cccc(CC(=O)C3(c4ccc5c(c4)OCO5)CC3)c2)cc1. The quantitative estimate of drug-likeness (QED) is 0.480. The molecule has 0 spiro atoms. The molecule has 0 radical (unpaired) electrons. The van der Waals surface area contributed by atoms with Gasteiger partial charge in [0.1, 0.15) is 5.78 Å². The van der Waals surface area contributed by atoms with Crippen LogP contribution < -0.4 is 9.47 Å². The second-order valence-electron chi connectivity index (χ2n) is 9.16. The molecule has 1 fully saturated rings. The number of ether oxygens (including phenoxy) is 2. The number of aliphatic hydroxyl groups excluding tert-OH is 1. The van der Waals surface area contributed by atoms with E-state index in [2.05, 4.69) is 6.07 Å². The molecule has 6 heteroatoms. The average Bonchev–Trinajstić information content (AvgIpc) is 3.53. The van der Waals surface area contributed by atoms with Crippen LogP contribution in [0.25, 0.3) is 11.1 Å². The van der Waals surface area contributed by atoms with Gasteiger partial charge in [0.05, 0.1) is 22.3 Å². The predicted molar refractivity (Wildman–Crippen MR) is 132 cm³/mol. The Morgan fingerprint density at radius 3 is 2.50 bits per heavy atom. The third-order valence-corrected chi connectivity index (χ3v) is 8.08. The Labute approximate surface area is 202 Å². The molecule has 3 aromatic carbocycles. The number of benzene rings is 3. The molecule has 176 valence electrons. The molecule has 1 aliphatic heterocycles. The Morgan fingerprint density at radius 2 is 1.76 bits per heavy atom. The maximum absolute atomic E-state index is 13.4. The molecule has 5 nitrogen and oxygen atoms in total. The number of Topliss-reactive ketones (excluding diaryl/α,β-unsaturated/α-hetero) is 1. The summed E-state index contributed by atoms with van der Waals surface area (Å²) in [5.74, 6) is 2.12. The number of hydrogen-bond acceptors (Lipinski definition) is 5. The Hall–Kier alpha value is -2.96. The third-order valence-electron chi connectivity index (χ3n) is 6.67. The summed E-state index contributed by atoms with van der Waals surface area (Å²) < 4.78 is 23.3. The van der Waals surface area contributed by atoms with Gasteiger partial charge in [-0.15, -0.1) is 0 Å². The summed E-state index contributed by atoms with van der Waals surface area (Å²) in [6.07, 6.45) is 2.16. The number of fused-ring (bicyclic) bond motifs is 1. The van der Waals surface area contributed by atoms with E-state index >= 15 is 0 Å². The second kappa shape index (κ2) is 9.35. The molecule has 1 saturated carbocycles.